The van der Waals surface area contributed by atoms with E-state index in [-0.39, 0.29) is 31.3 Å². The molecule has 2 heterocycles. The molecule has 0 aromatic carbocycles. The van der Waals surface area contributed by atoms with Crippen LogP contribution in [0.1, 0.15) is 12.6 Å². The Balaban J connectivity index is 0.00000144. The lowest BCUT2D eigenvalue weighted by atomic mass is 10.2. The number of aromatic amines is 1. The minimum atomic E-state index is -0.764. The lowest BCUT2D eigenvalue weighted by Gasteiger charge is -2.10. The molecule has 0 radical (unpaired) electrons. The maximum Gasteiger partial charge on any atom is 0.442 e. The molecular weight excluding hydrogens is 250 g/mol. The number of H-pyrrole nitrogens is 1. The van der Waals surface area contributed by atoms with Gasteiger partial charge in [-0.1, -0.05) is 0 Å². The number of hydrogen-bond donors (Lipinski definition) is 3. The first-order valence-corrected chi connectivity index (χ1v) is 4.96. The first-order chi connectivity index (χ1) is 7.61. The van der Waals surface area contributed by atoms with Crippen LogP contribution in [0, 0.1) is 0 Å². The second kappa shape index (κ2) is 5.46. The van der Waals surface area contributed by atoms with E-state index in [1.165, 1.54) is 16.8 Å². The number of anilines is 1. The SMILES string of the molecule is Nc1ccn(C2CC(O)C(CO)O2)c(=O)[nH+]1.[Cl-]. The first kappa shape index (κ1) is 13.9. The minimum Gasteiger partial charge on any atom is -1.00 e. The van der Waals surface area contributed by atoms with E-state index in [0.29, 0.717) is 0 Å². The van der Waals surface area contributed by atoms with Crippen molar-refractivity contribution in [3.63, 3.8) is 0 Å². The van der Waals surface area contributed by atoms with Crippen molar-refractivity contribution in [3.8, 4) is 0 Å². The highest BCUT2D eigenvalue weighted by atomic mass is 35.5. The lowest BCUT2D eigenvalue weighted by Crippen LogP contribution is -3.00. The van der Waals surface area contributed by atoms with Crippen molar-refractivity contribution in [2.45, 2.75) is 24.9 Å². The number of aromatic nitrogens is 2. The van der Waals surface area contributed by atoms with Crippen LogP contribution in [0.3, 0.4) is 0 Å². The summed E-state index contributed by atoms with van der Waals surface area (Å²) in [5.74, 6) is 0.263. The van der Waals surface area contributed by atoms with Gasteiger partial charge < -0.3 is 33.1 Å². The number of rotatable bonds is 2. The Morgan fingerprint density at radius 1 is 1.65 bits per heavy atom. The summed E-state index contributed by atoms with van der Waals surface area (Å²) in [5.41, 5.74) is 5.00. The Bertz CT molecular complexity index is 438. The Morgan fingerprint density at radius 2 is 2.35 bits per heavy atom. The van der Waals surface area contributed by atoms with Gasteiger partial charge in [-0.25, -0.2) is 14.3 Å². The van der Waals surface area contributed by atoms with E-state index in [9.17, 15) is 9.90 Å². The molecule has 1 aromatic heterocycles. The molecule has 1 aliphatic heterocycles. The quantitative estimate of drug-likeness (QED) is 0.494. The molecule has 3 unspecified atom stereocenters. The van der Waals surface area contributed by atoms with Gasteiger partial charge in [0.1, 0.15) is 6.10 Å². The number of hydrogen-bond acceptors (Lipinski definition) is 5. The molecule has 17 heavy (non-hydrogen) atoms. The third kappa shape index (κ3) is 2.75. The van der Waals surface area contributed by atoms with E-state index < -0.39 is 24.1 Å². The number of aliphatic hydroxyl groups excluding tert-OH is 2. The highest BCUT2D eigenvalue weighted by Crippen LogP contribution is 2.26. The van der Waals surface area contributed by atoms with E-state index >= 15 is 0 Å². The molecule has 1 aromatic rings. The fourth-order valence-electron chi connectivity index (χ4n) is 1.73. The molecular formula is C9H14ClN3O4. The van der Waals surface area contributed by atoms with Crippen molar-refractivity contribution in [1.82, 2.24) is 4.57 Å². The Labute approximate surface area is 103 Å². The van der Waals surface area contributed by atoms with Crippen LogP contribution in [0.5, 0.6) is 0 Å². The van der Waals surface area contributed by atoms with Crippen molar-refractivity contribution in [2.24, 2.45) is 0 Å². The molecule has 7 nitrogen and oxygen atoms in total. The average Bonchev–Trinajstić information content (AvgIpc) is 2.59. The lowest BCUT2D eigenvalue weighted by molar-refractivity contribution is -0.391. The van der Waals surface area contributed by atoms with Crippen LogP contribution in [0.4, 0.5) is 5.82 Å². The van der Waals surface area contributed by atoms with Crippen LogP contribution < -0.4 is 28.8 Å². The summed E-state index contributed by atoms with van der Waals surface area (Å²) < 4.78 is 6.63. The highest BCUT2D eigenvalue weighted by Gasteiger charge is 2.36. The molecule has 0 aliphatic carbocycles. The number of halogens is 1. The van der Waals surface area contributed by atoms with Crippen molar-refractivity contribution in [1.29, 1.82) is 0 Å². The molecule has 0 bridgehead atoms. The fourth-order valence-corrected chi connectivity index (χ4v) is 1.73. The van der Waals surface area contributed by atoms with E-state index in [1.54, 1.807) is 0 Å². The third-order valence-corrected chi connectivity index (χ3v) is 2.59. The van der Waals surface area contributed by atoms with Gasteiger partial charge in [0.05, 0.1) is 18.9 Å². The summed E-state index contributed by atoms with van der Waals surface area (Å²) in [6.45, 7) is -0.273. The zero-order chi connectivity index (χ0) is 11.7. The van der Waals surface area contributed by atoms with Gasteiger partial charge in [-0.2, -0.15) is 0 Å². The van der Waals surface area contributed by atoms with Gasteiger partial charge in [-0.15, -0.1) is 0 Å². The van der Waals surface area contributed by atoms with Gasteiger partial charge >= 0.3 is 5.69 Å². The third-order valence-electron chi connectivity index (χ3n) is 2.59. The van der Waals surface area contributed by atoms with Crippen molar-refractivity contribution in [3.05, 3.63) is 22.7 Å². The predicted octanol–water partition coefficient (Wildman–Crippen LogP) is -5.11. The molecule has 1 fully saturated rings. The fraction of sp³-hybridized carbons (Fsp3) is 0.556. The van der Waals surface area contributed by atoms with Gasteiger partial charge in [-0.05, 0) is 0 Å². The van der Waals surface area contributed by atoms with Crippen LogP contribution in [0.15, 0.2) is 17.1 Å². The summed E-state index contributed by atoms with van der Waals surface area (Å²) in [4.78, 5) is 14.0. The number of nitrogen functional groups attached to an aromatic ring is 1. The van der Waals surface area contributed by atoms with E-state index in [4.69, 9.17) is 15.6 Å². The number of nitrogens with two attached hydrogens (primary N) is 1. The number of ether oxygens (including phenoxy) is 1. The van der Waals surface area contributed by atoms with Crippen LogP contribution in [-0.2, 0) is 4.74 Å². The first-order valence-electron chi connectivity index (χ1n) is 4.96. The van der Waals surface area contributed by atoms with Gasteiger partial charge in [0.2, 0.25) is 5.82 Å². The number of nitrogens with one attached hydrogen (secondary N) is 1. The monoisotopic (exact) mass is 263 g/mol. The van der Waals surface area contributed by atoms with Crippen LogP contribution in [-0.4, -0.2) is 33.6 Å². The van der Waals surface area contributed by atoms with Crippen molar-refractivity contribution < 1.29 is 32.3 Å². The Hall–Kier alpha value is -1.15. The summed E-state index contributed by atoms with van der Waals surface area (Å²) in [6.07, 6.45) is -0.223. The minimum absolute atomic E-state index is 0. The Morgan fingerprint density at radius 3 is 2.88 bits per heavy atom. The molecule has 2 rings (SSSR count). The average molecular weight is 264 g/mol. The van der Waals surface area contributed by atoms with Gasteiger partial charge in [0.25, 0.3) is 0 Å². The maximum atomic E-state index is 11.5. The summed E-state index contributed by atoms with van der Waals surface area (Å²) in [6, 6.07) is 1.53. The van der Waals surface area contributed by atoms with E-state index in [0.717, 1.165) is 0 Å². The molecule has 96 valence electrons. The second-order valence-electron chi connectivity index (χ2n) is 3.72. The molecule has 0 amide bonds. The summed E-state index contributed by atoms with van der Waals surface area (Å²) >= 11 is 0. The summed E-state index contributed by atoms with van der Waals surface area (Å²) in [7, 11) is 0. The largest absolute Gasteiger partial charge is 1.00 e. The van der Waals surface area contributed by atoms with Gasteiger partial charge in [0, 0.05) is 12.5 Å². The van der Waals surface area contributed by atoms with Crippen LogP contribution in [0.25, 0.3) is 0 Å². The number of nitrogens with zero attached hydrogens (tertiary/aromatic N) is 1. The maximum absolute atomic E-state index is 11.5. The Kier molecular flexibility index (Phi) is 4.47. The molecule has 8 heteroatoms. The standard InChI is InChI=1S/C9H13N3O4.ClH/c10-7-1-2-12(9(15)11-7)8-3-5(14)6(4-13)16-8;/h1-2,5-6,8,13-14H,3-4H2,(H2,10,11,15);1H. The molecule has 5 N–H and O–H groups in total. The van der Waals surface area contributed by atoms with E-state index in [2.05, 4.69) is 4.98 Å². The number of aliphatic hydroxyl groups is 2. The van der Waals surface area contributed by atoms with Crippen LogP contribution in [0.2, 0.25) is 0 Å². The topological polar surface area (TPSA) is 112 Å². The molecule has 0 saturated carbocycles. The van der Waals surface area contributed by atoms with Crippen molar-refractivity contribution in [2.75, 3.05) is 12.3 Å². The highest BCUT2D eigenvalue weighted by molar-refractivity contribution is 5.16. The smallest absolute Gasteiger partial charge is 0.442 e. The second-order valence-corrected chi connectivity index (χ2v) is 3.72. The zero-order valence-corrected chi connectivity index (χ0v) is 9.67. The summed E-state index contributed by atoms with van der Waals surface area (Å²) in [5, 5.41) is 18.4. The molecule has 1 saturated heterocycles. The molecule has 1 aliphatic rings. The van der Waals surface area contributed by atoms with Gasteiger partial charge in [0.15, 0.2) is 6.23 Å². The van der Waals surface area contributed by atoms with Crippen molar-refractivity contribution >= 4 is 5.82 Å². The predicted molar refractivity (Wildman–Crippen MR) is 53.3 cm³/mol. The van der Waals surface area contributed by atoms with E-state index in [1.807, 2.05) is 0 Å². The van der Waals surface area contributed by atoms with Crippen LogP contribution >= 0.6 is 0 Å². The normalized spacial score (nSPS) is 27.8. The molecule has 3 atom stereocenters. The van der Waals surface area contributed by atoms with Gasteiger partial charge in [-0.3, -0.25) is 0 Å². The molecule has 0 spiro atoms. The zero-order valence-electron chi connectivity index (χ0n) is 8.91.